The Labute approximate surface area is 170 Å². The van der Waals surface area contributed by atoms with E-state index in [1.165, 1.54) is 5.69 Å². The van der Waals surface area contributed by atoms with Crippen LogP contribution in [-0.4, -0.2) is 54.3 Å². The maximum absolute atomic E-state index is 5.51. The van der Waals surface area contributed by atoms with Gasteiger partial charge in [0.1, 0.15) is 5.75 Å². The Hall–Kier alpha value is -3.29. The predicted molar refractivity (Wildman–Crippen MR) is 115 cm³/mol. The van der Waals surface area contributed by atoms with E-state index in [9.17, 15) is 0 Å². The summed E-state index contributed by atoms with van der Waals surface area (Å²) < 4.78 is 7.48. The summed E-state index contributed by atoms with van der Waals surface area (Å²) in [6.07, 6.45) is 3.10. The van der Waals surface area contributed by atoms with Gasteiger partial charge in [0.15, 0.2) is 17.4 Å². The van der Waals surface area contributed by atoms with E-state index in [2.05, 4.69) is 42.9 Å². The van der Waals surface area contributed by atoms with Gasteiger partial charge in [-0.3, -0.25) is 9.39 Å². The lowest BCUT2D eigenvalue weighted by Crippen LogP contribution is -2.40. The standard InChI is InChI=1S/C21H27N7O/c1-22-21(24-14-20-26-25-19-9-5-6-11-28(19)20)23-13-16-10-12-27(15-16)17-7-3-4-8-18(17)29-2/h3-9,11,16H,10,12-15H2,1-2H3,(H2,22,23,24). The van der Waals surface area contributed by atoms with Crippen LogP contribution in [0.5, 0.6) is 5.75 Å². The number of nitrogens with one attached hydrogen (secondary N) is 2. The summed E-state index contributed by atoms with van der Waals surface area (Å²) in [6.45, 7) is 3.46. The van der Waals surface area contributed by atoms with Crippen molar-refractivity contribution in [3.63, 3.8) is 0 Å². The highest BCUT2D eigenvalue weighted by Crippen LogP contribution is 2.31. The molecular formula is C21H27N7O. The van der Waals surface area contributed by atoms with E-state index in [0.29, 0.717) is 12.5 Å². The fourth-order valence-electron chi connectivity index (χ4n) is 3.74. The summed E-state index contributed by atoms with van der Waals surface area (Å²) in [4.78, 5) is 6.73. The molecule has 0 amide bonds. The number of nitrogens with zero attached hydrogens (tertiary/aromatic N) is 5. The second-order valence-electron chi connectivity index (χ2n) is 7.12. The molecule has 1 aliphatic rings. The Morgan fingerprint density at radius 2 is 2.03 bits per heavy atom. The van der Waals surface area contributed by atoms with E-state index >= 15 is 0 Å². The van der Waals surface area contributed by atoms with Gasteiger partial charge in [0.25, 0.3) is 0 Å². The molecule has 3 heterocycles. The quantitative estimate of drug-likeness (QED) is 0.492. The van der Waals surface area contributed by atoms with Crippen LogP contribution in [0.25, 0.3) is 5.65 Å². The number of aliphatic imine (C=N–C) groups is 1. The highest BCUT2D eigenvalue weighted by molar-refractivity contribution is 5.79. The monoisotopic (exact) mass is 393 g/mol. The number of methoxy groups -OCH3 is 1. The van der Waals surface area contributed by atoms with Gasteiger partial charge in [-0.1, -0.05) is 18.2 Å². The molecule has 29 heavy (non-hydrogen) atoms. The molecule has 1 unspecified atom stereocenters. The van der Waals surface area contributed by atoms with Crippen molar-refractivity contribution in [2.45, 2.75) is 13.0 Å². The van der Waals surface area contributed by atoms with Gasteiger partial charge in [-0.25, -0.2) is 0 Å². The molecule has 8 heteroatoms. The second-order valence-corrected chi connectivity index (χ2v) is 7.12. The van der Waals surface area contributed by atoms with E-state index in [0.717, 1.165) is 49.2 Å². The largest absolute Gasteiger partial charge is 0.495 e. The highest BCUT2D eigenvalue weighted by atomic mass is 16.5. The van der Waals surface area contributed by atoms with Crippen LogP contribution in [0.15, 0.2) is 53.7 Å². The lowest BCUT2D eigenvalue weighted by Gasteiger charge is -2.21. The summed E-state index contributed by atoms with van der Waals surface area (Å²) in [5.41, 5.74) is 2.01. The van der Waals surface area contributed by atoms with Crippen LogP contribution in [0.3, 0.4) is 0 Å². The van der Waals surface area contributed by atoms with Crippen LogP contribution in [0.2, 0.25) is 0 Å². The molecule has 2 aromatic heterocycles. The fourth-order valence-corrected chi connectivity index (χ4v) is 3.74. The van der Waals surface area contributed by atoms with Gasteiger partial charge in [0, 0.05) is 32.9 Å². The van der Waals surface area contributed by atoms with Crippen LogP contribution >= 0.6 is 0 Å². The van der Waals surface area contributed by atoms with Crippen LogP contribution < -0.4 is 20.3 Å². The van der Waals surface area contributed by atoms with Gasteiger partial charge < -0.3 is 20.3 Å². The number of benzene rings is 1. The molecule has 152 valence electrons. The number of hydrogen-bond acceptors (Lipinski definition) is 5. The molecule has 0 aliphatic carbocycles. The minimum absolute atomic E-state index is 0.549. The zero-order chi connectivity index (χ0) is 20.1. The third-order valence-corrected chi connectivity index (χ3v) is 5.29. The molecule has 2 N–H and O–H groups in total. The number of aromatic nitrogens is 3. The molecule has 1 saturated heterocycles. The number of ether oxygens (including phenoxy) is 1. The molecule has 1 aromatic carbocycles. The van der Waals surface area contributed by atoms with Gasteiger partial charge in [-0.2, -0.15) is 0 Å². The summed E-state index contributed by atoms with van der Waals surface area (Å²) >= 11 is 0. The Morgan fingerprint density at radius 3 is 2.90 bits per heavy atom. The summed E-state index contributed by atoms with van der Waals surface area (Å²) in [5.74, 6) is 3.10. The van der Waals surface area contributed by atoms with Gasteiger partial charge in [0.2, 0.25) is 0 Å². The molecule has 1 aliphatic heterocycles. The summed E-state index contributed by atoms with van der Waals surface area (Å²) in [7, 11) is 3.51. The first kappa shape index (κ1) is 19.0. The lowest BCUT2D eigenvalue weighted by atomic mass is 10.1. The minimum Gasteiger partial charge on any atom is -0.495 e. The van der Waals surface area contributed by atoms with Crippen molar-refractivity contribution in [2.24, 2.45) is 10.9 Å². The number of pyridine rings is 1. The number of para-hydroxylation sites is 2. The number of guanidine groups is 1. The maximum Gasteiger partial charge on any atom is 0.191 e. The number of hydrogen-bond donors (Lipinski definition) is 2. The van der Waals surface area contributed by atoms with Crippen molar-refractivity contribution in [2.75, 3.05) is 38.7 Å². The van der Waals surface area contributed by atoms with E-state index in [-0.39, 0.29) is 0 Å². The molecule has 1 fully saturated rings. The molecule has 0 saturated carbocycles. The van der Waals surface area contributed by atoms with Crippen LogP contribution in [0, 0.1) is 5.92 Å². The molecule has 3 aromatic rings. The fraction of sp³-hybridized carbons (Fsp3) is 0.381. The van der Waals surface area contributed by atoms with Crippen molar-refractivity contribution in [1.82, 2.24) is 25.2 Å². The average molecular weight is 393 g/mol. The Morgan fingerprint density at radius 1 is 1.17 bits per heavy atom. The molecule has 1 atom stereocenters. The molecule has 0 radical (unpaired) electrons. The first-order valence-electron chi connectivity index (χ1n) is 9.89. The topological polar surface area (TPSA) is 79.1 Å². The van der Waals surface area contributed by atoms with Crippen molar-refractivity contribution in [3.8, 4) is 5.75 Å². The minimum atomic E-state index is 0.549. The zero-order valence-corrected chi connectivity index (χ0v) is 16.9. The smallest absolute Gasteiger partial charge is 0.191 e. The maximum atomic E-state index is 5.51. The van der Waals surface area contributed by atoms with Crippen molar-refractivity contribution < 1.29 is 4.74 Å². The van der Waals surface area contributed by atoms with Gasteiger partial charge in [-0.15, -0.1) is 10.2 Å². The van der Waals surface area contributed by atoms with Crippen molar-refractivity contribution in [3.05, 3.63) is 54.5 Å². The third-order valence-electron chi connectivity index (χ3n) is 5.29. The Kier molecular flexibility index (Phi) is 5.79. The van der Waals surface area contributed by atoms with Gasteiger partial charge in [-0.05, 0) is 36.6 Å². The van der Waals surface area contributed by atoms with Gasteiger partial charge in [0.05, 0.1) is 19.3 Å². The summed E-state index contributed by atoms with van der Waals surface area (Å²) in [6, 6.07) is 14.1. The predicted octanol–water partition coefficient (Wildman–Crippen LogP) is 1.93. The van der Waals surface area contributed by atoms with E-state index in [1.807, 2.05) is 40.9 Å². The second kappa shape index (κ2) is 8.81. The number of fused-ring (bicyclic) bond motifs is 1. The SMILES string of the molecule is CN=C(NCc1nnc2ccccn12)NCC1CCN(c2ccccc2OC)C1. The van der Waals surface area contributed by atoms with Crippen LogP contribution in [0.1, 0.15) is 12.2 Å². The van der Waals surface area contributed by atoms with E-state index in [1.54, 1.807) is 14.2 Å². The van der Waals surface area contributed by atoms with Crippen molar-refractivity contribution in [1.29, 1.82) is 0 Å². The first-order chi connectivity index (χ1) is 14.3. The van der Waals surface area contributed by atoms with Crippen molar-refractivity contribution >= 4 is 17.3 Å². The van der Waals surface area contributed by atoms with E-state index < -0.39 is 0 Å². The van der Waals surface area contributed by atoms with E-state index in [4.69, 9.17) is 4.74 Å². The Balaban J connectivity index is 1.29. The first-order valence-corrected chi connectivity index (χ1v) is 9.89. The van der Waals surface area contributed by atoms with Crippen LogP contribution in [0.4, 0.5) is 5.69 Å². The zero-order valence-electron chi connectivity index (χ0n) is 16.9. The number of anilines is 1. The number of rotatable bonds is 6. The molecule has 4 rings (SSSR count). The lowest BCUT2D eigenvalue weighted by molar-refractivity contribution is 0.414. The molecule has 0 spiro atoms. The van der Waals surface area contributed by atoms with Crippen LogP contribution in [-0.2, 0) is 6.54 Å². The molecule has 8 nitrogen and oxygen atoms in total. The summed E-state index contributed by atoms with van der Waals surface area (Å²) in [5, 5.41) is 15.2. The normalized spacial score (nSPS) is 17.0. The molecular weight excluding hydrogens is 366 g/mol. The Bertz CT molecular complexity index is 984. The average Bonchev–Trinajstić information content (AvgIpc) is 3.41. The molecule has 0 bridgehead atoms. The van der Waals surface area contributed by atoms with Gasteiger partial charge >= 0.3 is 0 Å². The third kappa shape index (κ3) is 4.26. The highest BCUT2D eigenvalue weighted by Gasteiger charge is 2.24.